The monoisotopic (exact) mass is 280 g/mol. The van der Waals surface area contributed by atoms with Gasteiger partial charge >= 0.3 is 0 Å². The van der Waals surface area contributed by atoms with Crippen LogP contribution in [-0.4, -0.2) is 0 Å². The van der Waals surface area contributed by atoms with Crippen molar-refractivity contribution < 1.29 is 8.78 Å². The highest BCUT2D eigenvalue weighted by Crippen LogP contribution is 2.32. The highest BCUT2D eigenvalue weighted by atomic mass is 35.5. The molecule has 0 saturated heterocycles. The Labute approximate surface area is 117 Å². The van der Waals surface area contributed by atoms with Gasteiger partial charge in [0.25, 0.3) is 0 Å². The van der Waals surface area contributed by atoms with Gasteiger partial charge in [-0.1, -0.05) is 24.3 Å². The van der Waals surface area contributed by atoms with Crippen molar-refractivity contribution >= 4 is 11.6 Å². The van der Waals surface area contributed by atoms with E-state index in [0.29, 0.717) is 22.3 Å². The molecule has 2 aromatic rings. The number of hydrogen-bond donors (Lipinski definition) is 0. The van der Waals surface area contributed by atoms with Crippen LogP contribution in [0.1, 0.15) is 33.2 Å². The summed E-state index contributed by atoms with van der Waals surface area (Å²) in [6.07, 6.45) is 0. The Morgan fingerprint density at radius 1 is 0.947 bits per heavy atom. The SMILES string of the molecule is Cc1ccc(C(Cl)c2cc(C)c(F)c(C)c2)c(F)c1. The van der Waals surface area contributed by atoms with E-state index in [1.807, 2.05) is 13.0 Å². The van der Waals surface area contributed by atoms with Crippen LogP contribution in [0.15, 0.2) is 30.3 Å². The molecule has 0 radical (unpaired) electrons. The first kappa shape index (κ1) is 14.0. The molecule has 0 saturated carbocycles. The lowest BCUT2D eigenvalue weighted by molar-refractivity contribution is 0.605. The third-order valence-corrected chi connectivity index (χ3v) is 3.67. The summed E-state index contributed by atoms with van der Waals surface area (Å²) in [6, 6.07) is 8.28. The maximum atomic E-state index is 13.9. The number of rotatable bonds is 2. The summed E-state index contributed by atoms with van der Waals surface area (Å²) < 4.78 is 27.5. The van der Waals surface area contributed by atoms with E-state index >= 15 is 0 Å². The fraction of sp³-hybridized carbons (Fsp3) is 0.250. The molecule has 2 aromatic carbocycles. The molecular weight excluding hydrogens is 266 g/mol. The van der Waals surface area contributed by atoms with E-state index in [0.717, 1.165) is 5.56 Å². The van der Waals surface area contributed by atoms with E-state index < -0.39 is 5.38 Å². The van der Waals surface area contributed by atoms with Crippen LogP contribution < -0.4 is 0 Å². The molecule has 0 aliphatic rings. The average Bonchev–Trinajstić information content (AvgIpc) is 2.34. The smallest absolute Gasteiger partial charge is 0.129 e. The van der Waals surface area contributed by atoms with Crippen LogP contribution in [0.25, 0.3) is 0 Å². The molecule has 1 atom stereocenters. The minimum absolute atomic E-state index is 0.239. The van der Waals surface area contributed by atoms with Gasteiger partial charge in [0.05, 0.1) is 5.38 Å². The summed E-state index contributed by atoms with van der Waals surface area (Å²) >= 11 is 6.32. The molecule has 0 heterocycles. The van der Waals surface area contributed by atoms with Gasteiger partial charge in [-0.2, -0.15) is 0 Å². The summed E-state index contributed by atoms with van der Waals surface area (Å²) in [4.78, 5) is 0. The number of halogens is 3. The van der Waals surface area contributed by atoms with E-state index in [9.17, 15) is 8.78 Å². The van der Waals surface area contributed by atoms with Crippen LogP contribution in [0.3, 0.4) is 0 Å². The molecule has 0 nitrogen and oxygen atoms in total. The molecule has 0 amide bonds. The quantitative estimate of drug-likeness (QED) is 0.662. The maximum Gasteiger partial charge on any atom is 0.129 e. The van der Waals surface area contributed by atoms with Gasteiger partial charge < -0.3 is 0 Å². The Hall–Kier alpha value is -1.41. The van der Waals surface area contributed by atoms with Crippen LogP contribution in [0.2, 0.25) is 0 Å². The Kier molecular flexibility index (Phi) is 3.91. The fourth-order valence-electron chi connectivity index (χ4n) is 2.14. The molecule has 19 heavy (non-hydrogen) atoms. The van der Waals surface area contributed by atoms with Gasteiger partial charge in [0.15, 0.2) is 0 Å². The van der Waals surface area contributed by atoms with Crippen molar-refractivity contribution in [2.75, 3.05) is 0 Å². The molecule has 2 rings (SSSR count). The summed E-state index contributed by atoms with van der Waals surface area (Å²) in [6.45, 7) is 5.18. The summed E-state index contributed by atoms with van der Waals surface area (Å²) in [5.41, 5.74) is 3.01. The molecular formula is C16H15ClF2. The Bertz CT molecular complexity index is 597. The van der Waals surface area contributed by atoms with Crippen LogP contribution in [0, 0.1) is 32.4 Å². The third-order valence-electron chi connectivity index (χ3n) is 3.18. The number of benzene rings is 2. The van der Waals surface area contributed by atoms with Crippen molar-refractivity contribution in [2.24, 2.45) is 0 Å². The van der Waals surface area contributed by atoms with E-state index in [1.54, 1.807) is 32.0 Å². The third kappa shape index (κ3) is 2.79. The maximum absolute atomic E-state index is 13.9. The van der Waals surface area contributed by atoms with Gasteiger partial charge in [0.2, 0.25) is 0 Å². The van der Waals surface area contributed by atoms with E-state index in [2.05, 4.69) is 0 Å². The van der Waals surface area contributed by atoms with Crippen molar-refractivity contribution in [3.8, 4) is 0 Å². The van der Waals surface area contributed by atoms with Crippen LogP contribution >= 0.6 is 11.6 Å². The standard InChI is InChI=1S/C16H15ClF2/c1-9-4-5-13(14(18)6-9)15(17)12-7-10(2)16(19)11(3)8-12/h4-8,15H,1-3H3. The lowest BCUT2D eigenvalue weighted by atomic mass is 9.98. The van der Waals surface area contributed by atoms with Crippen LogP contribution in [-0.2, 0) is 0 Å². The summed E-state index contributed by atoms with van der Waals surface area (Å²) in [5, 5.41) is -0.612. The normalized spacial score (nSPS) is 12.5. The number of aryl methyl sites for hydroxylation is 3. The number of alkyl halides is 1. The second-order valence-corrected chi connectivity index (χ2v) is 5.29. The first-order valence-corrected chi connectivity index (χ1v) is 6.50. The second-order valence-electron chi connectivity index (χ2n) is 4.86. The first-order chi connectivity index (χ1) is 8.90. The van der Waals surface area contributed by atoms with E-state index in [1.165, 1.54) is 6.07 Å². The van der Waals surface area contributed by atoms with E-state index in [-0.39, 0.29) is 11.6 Å². The minimum atomic E-state index is -0.612. The molecule has 3 heteroatoms. The van der Waals surface area contributed by atoms with Gasteiger partial charge in [-0.05, 0) is 49.1 Å². The van der Waals surface area contributed by atoms with Gasteiger partial charge in [0, 0.05) is 5.56 Å². The van der Waals surface area contributed by atoms with Gasteiger partial charge in [-0.3, -0.25) is 0 Å². The Balaban J connectivity index is 2.47. The molecule has 0 spiro atoms. The van der Waals surface area contributed by atoms with Crippen LogP contribution in [0.4, 0.5) is 8.78 Å². The predicted molar refractivity (Wildman–Crippen MR) is 74.7 cm³/mol. The molecule has 0 bridgehead atoms. The van der Waals surface area contributed by atoms with Crippen LogP contribution in [0.5, 0.6) is 0 Å². The zero-order chi connectivity index (χ0) is 14.2. The topological polar surface area (TPSA) is 0 Å². The highest BCUT2D eigenvalue weighted by Gasteiger charge is 2.17. The fourth-order valence-corrected chi connectivity index (χ4v) is 2.45. The molecule has 100 valence electrons. The lowest BCUT2D eigenvalue weighted by Crippen LogP contribution is -2.00. The summed E-state index contributed by atoms with van der Waals surface area (Å²) in [7, 11) is 0. The predicted octanol–water partition coefficient (Wildman–Crippen LogP) is 5.22. The second kappa shape index (κ2) is 5.30. The van der Waals surface area contributed by atoms with Crippen molar-refractivity contribution in [3.63, 3.8) is 0 Å². The van der Waals surface area contributed by atoms with Gasteiger partial charge in [-0.15, -0.1) is 11.6 Å². The van der Waals surface area contributed by atoms with Crippen molar-refractivity contribution in [1.29, 1.82) is 0 Å². The van der Waals surface area contributed by atoms with Crippen molar-refractivity contribution in [2.45, 2.75) is 26.1 Å². The molecule has 0 fully saturated rings. The molecule has 0 N–H and O–H groups in total. The van der Waals surface area contributed by atoms with Crippen molar-refractivity contribution in [3.05, 3.63) is 69.8 Å². The van der Waals surface area contributed by atoms with Gasteiger partial charge in [-0.25, -0.2) is 8.78 Å². The molecule has 1 unspecified atom stereocenters. The zero-order valence-electron chi connectivity index (χ0n) is 11.1. The first-order valence-electron chi connectivity index (χ1n) is 6.07. The summed E-state index contributed by atoms with van der Waals surface area (Å²) in [5.74, 6) is -0.573. The molecule has 0 aromatic heterocycles. The highest BCUT2D eigenvalue weighted by molar-refractivity contribution is 6.22. The molecule has 0 aliphatic carbocycles. The minimum Gasteiger partial charge on any atom is -0.207 e. The van der Waals surface area contributed by atoms with Crippen molar-refractivity contribution in [1.82, 2.24) is 0 Å². The number of hydrogen-bond acceptors (Lipinski definition) is 0. The Morgan fingerprint density at radius 3 is 2.05 bits per heavy atom. The lowest BCUT2D eigenvalue weighted by Gasteiger charge is -2.14. The zero-order valence-corrected chi connectivity index (χ0v) is 11.9. The Morgan fingerprint density at radius 2 is 1.53 bits per heavy atom. The average molecular weight is 281 g/mol. The van der Waals surface area contributed by atoms with E-state index in [4.69, 9.17) is 11.6 Å². The van der Waals surface area contributed by atoms with Gasteiger partial charge in [0.1, 0.15) is 11.6 Å². The largest absolute Gasteiger partial charge is 0.207 e. The molecule has 0 aliphatic heterocycles.